The molecule has 0 amide bonds. The lowest BCUT2D eigenvalue weighted by molar-refractivity contribution is 0.0434. The van der Waals surface area contributed by atoms with Gasteiger partial charge in [-0.2, -0.15) is 0 Å². The molecule has 3 nitrogen and oxygen atoms in total. The summed E-state index contributed by atoms with van der Waals surface area (Å²) in [6.45, 7) is 7.35. The zero-order valence-corrected chi connectivity index (χ0v) is 8.88. The molecule has 0 aromatic carbocycles. The van der Waals surface area contributed by atoms with Gasteiger partial charge in [-0.15, -0.1) is 0 Å². The van der Waals surface area contributed by atoms with E-state index in [1.807, 2.05) is 0 Å². The van der Waals surface area contributed by atoms with Gasteiger partial charge in [0.05, 0.1) is 0 Å². The summed E-state index contributed by atoms with van der Waals surface area (Å²) in [5, 5.41) is 3.35. The molecule has 13 heavy (non-hydrogen) atoms. The molecule has 0 spiro atoms. The molecule has 1 rings (SSSR count). The van der Waals surface area contributed by atoms with Gasteiger partial charge in [-0.25, -0.2) is 0 Å². The monoisotopic (exact) mass is 186 g/mol. The van der Waals surface area contributed by atoms with Crippen LogP contribution in [0.15, 0.2) is 0 Å². The van der Waals surface area contributed by atoms with Crippen LogP contribution in [0.3, 0.4) is 0 Å². The molecular formula is C10H22N2O. The van der Waals surface area contributed by atoms with Crippen LogP contribution in [-0.4, -0.2) is 50.8 Å². The Hall–Kier alpha value is -0.120. The minimum absolute atomic E-state index is 0.743. The quantitative estimate of drug-likeness (QED) is 0.640. The first-order valence-electron chi connectivity index (χ1n) is 5.33. The van der Waals surface area contributed by atoms with Crippen LogP contribution < -0.4 is 5.32 Å². The van der Waals surface area contributed by atoms with Gasteiger partial charge in [0.25, 0.3) is 0 Å². The van der Waals surface area contributed by atoms with Crippen LogP contribution >= 0.6 is 0 Å². The zero-order chi connectivity index (χ0) is 9.52. The molecule has 78 valence electrons. The van der Waals surface area contributed by atoms with Crippen molar-refractivity contribution in [1.82, 2.24) is 10.2 Å². The maximum atomic E-state index is 5.33. The van der Waals surface area contributed by atoms with Gasteiger partial charge >= 0.3 is 0 Å². The van der Waals surface area contributed by atoms with Gasteiger partial charge in [0.1, 0.15) is 0 Å². The fourth-order valence-electron chi connectivity index (χ4n) is 1.74. The number of nitrogens with zero attached hydrogens (tertiary/aromatic N) is 1. The summed E-state index contributed by atoms with van der Waals surface area (Å²) in [6.07, 6.45) is 2.39. The van der Waals surface area contributed by atoms with Gasteiger partial charge in [0.15, 0.2) is 0 Å². The molecule has 0 unspecified atom stereocenters. The zero-order valence-electron chi connectivity index (χ0n) is 8.88. The molecule has 3 heteroatoms. The average Bonchev–Trinajstić information content (AvgIpc) is 2.19. The largest absolute Gasteiger partial charge is 0.381 e. The smallest absolute Gasteiger partial charge is 0.0480 e. The number of likely N-dealkylation sites (N-methyl/N-ethyl adjacent to an activating group) is 2. The van der Waals surface area contributed by atoms with E-state index in [1.54, 1.807) is 0 Å². The number of hydrogen-bond donors (Lipinski definition) is 1. The maximum Gasteiger partial charge on any atom is 0.0480 e. The van der Waals surface area contributed by atoms with E-state index in [0.717, 1.165) is 38.9 Å². The first-order valence-corrected chi connectivity index (χ1v) is 5.33. The Morgan fingerprint density at radius 1 is 1.38 bits per heavy atom. The Morgan fingerprint density at radius 2 is 2.08 bits per heavy atom. The lowest BCUT2D eigenvalue weighted by atomic mass is 10.1. The third-order valence-corrected chi connectivity index (χ3v) is 2.71. The Balaban J connectivity index is 2.09. The van der Waals surface area contributed by atoms with E-state index in [9.17, 15) is 0 Å². The van der Waals surface area contributed by atoms with Crippen molar-refractivity contribution in [2.75, 3.05) is 39.9 Å². The molecule has 1 aliphatic rings. The number of ether oxygens (including phenoxy) is 1. The summed E-state index contributed by atoms with van der Waals surface area (Å²) in [7, 11) is 2.22. The Bertz CT molecular complexity index is 124. The van der Waals surface area contributed by atoms with E-state index in [0.29, 0.717) is 0 Å². The van der Waals surface area contributed by atoms with Crippen molar-refractivity contribution in [3.8, 4) is 0 Å². The SMILES string of the molecule is CCNCCN(C)C1CCOCC1. The predicted molar refractivity (Wildman–Crippen MR) is 55.0 cm³/mol. The highest BCUT2D eigenvalue weighted by atomic mass is 16.5. The van der Waals surface area contributed by atoms with Crippen LogP contribution in [0.25, 0.3) is 0 Å². The number of rotatable bonds is 5. The van der Waals surface area contributed by atoms with Crippen molar-refractivity contribution >= 4 is 0 Å². The molecule has 0 radical (unpaired) electrons. The molecule has 1 fully saturated rings. The van der Waals surface area contributed by atoms with Crippen LogP contribution in [0.5, 0.6) is 0 Å². The minimum Gasteiger partial charge on any atom is -0.381 e. The van der Waals surface area contributed by atoms with Gasteiger partial charge < -0.3 is 15.0 Å². The molecule has 0 aromatic rings. The van der Waals surface area contributed by atoms with E-state index >= 15 is 0 Å². The average molecular weight is 186 g/mol. The summed E-state index contributed by atoms with van der Waals surface area (Å²) in [5.41, 5.74) is 0. The Morgan fingerprint density at radius 3 is 2.69 bits per heavy atom. The molecular weight excluding hydrogens is 164 g/mol. The highest BCUT2D eigenvalue weighted by molar-refractivity contribution is 4.72. The van der Waals surface area contributed by atoms with Crippen molar-refractivity contribution in [3.63, 3.8) is 0 Å². The third-order valence-electron chi connectivity index (χ3n) is 2.71. The lowest BCUT2D eigenvalue weighted by Crippen LogP contribution is -2.40. The molecule has 0 aromatic heterocycles. The van der Waals surface area contributed by atoms with Gasteiger partial charge in [-0.05, 0) is 26.4 Å². The number of nitrogens with one attached hydrogen (secondary N) is 1. The summed E-state index contributed by atoms with van der Waals surface area (Å²) in [4.78, 5) is 2.45. The fraction of sp³-hybridized carbons (Fsp3) is 1.00. The maximum absolute atomic E-state index is 5.33. The molecule has 1 N–H and O–H groups in total. The minimum atomic E-state index is 0.743. The van der Waals surface area contributed by atoms with Crippen LogP contribution in [0.2, 0.25) is 0 Å². The first kappa shape index (κ1) is 11.0. The van der Waals surface area contributed by atoms with Crippen molar-refractivity contribution in [2.45, 2.75) is 25.8 Å². The molecule has 1 heterocycles. The second-order valence-electron chi connectivity index (χ2n) is 3.68. The van der Waals surface area contributed by atoms with E-state index in [2.05, 4.69) is 24.2 Å². The highest BCUT2D eigenvalue weighted by Crippen LogP contribution is 2.11. The second-order valence-corrected chi connectivity index (χ2v) is 3.68. The third kappa shape index (κ3) is 4.07. The lowest BCUT2D eigenvalue weighted by Gasteiger charge is -2.31. The summed E-state index contributed by atoms with van der Waals surface area (Å²) < 4.78 is 5.33. The molecule has 0 atom stereocenters. The molecule has 0 saturated carbocycles. The molecule has 1 saturated heterocycles. The van der Waals surface area contributed by atoms with E-state index in [-0.39, 0.29) is 0 Å². The van der Waals surface area contributed by atoms with E-state index < -0.39 is 0 Å². The topological polar surface area (TPSA) is 24.5 Å². The second kappa shape index (κ2) is 6.35. The summed E-state index contributed by atoms with van der Waals surface area (Å²) in [5.74, 6) is 0. The number of hydrogen-bond acceptors (Lipinski definition) is 3. The van der Waals surface area contributed by atoms with Gasteiger partial charge in [-0.1, -0.05) is 6.92 Å². The van der Waals surface area contributed by atoms with Crippen molar-refractivity contribution < 1.29 is 4.74 Å². The standard InChI is InChI=1S/C10H22N2O/c1-3-11-6-7-12(2)10-4-8-13-9-5-10/h10-11H,3-9H2,1-2H3. The summed E-state index contributed by atoms with van der Waals surface area (Å²) in [6, 6.07) is 0.743. The van der Waals surface area contributed by atoms with E-state index in [4.69, 9.17) is 4.74 Å². The molecule has 0 aliphatic carbocycles. The van der Waals surface area contributed by atoms with Crippen LogP contribution in [0, 0.1) is 0 Å². The molecule has 1 aliphatic heterocycles. The van der Waals surface area contributed by atoms with Crippen LogP contribution in [-0.2, 0) is 4.74 Å². The van der Waals surface area contributed by atoms with Gasteiger partial charge in [-0.3, -0.25) is 0 Å². The van der Waals surface area contributed by atoms with Crippen molar-refractivity contribution in [1.29, 1.82) is 0 Å². The first-order chi connectivity index (χ1) is 6.34. The summed E-state index contributed by atoms with van der Waals surface area (Å²) >= 11 is 0. The Labute approximate surface area is 81.4 Å². The highest BCUT2D eigenvalue weighted by Gasteiger charge is 2.17. The fourth-order valence-corrected chi connectivity index (χ4v) is 1.74. The van der Waals surface area contributed by atoms with Crippen molar-refractivity contribution in [2.24, 2.45) is 0 Å². The van der Waals surface area contributed by atoms with Crippen LogP contribution in [0.1, 0.15) is 19.8 Å². The van der Waals surface area contributed by atoms with Gasteiger partial charge in [0.2, 0.25) is 0 Å². The predicted octanol–water partition coefficient (Wildman–Crippen LogP) is 0.707. The van der Waals surface area contributed by atoms with Crippen LogP contribution in [0.4, 0.5) is 0 Å². The van der Waals surface area contributed by atoms with Gasteiger partial charge in [0, 0.05) is 32.3 Å². The van der Waals surface area contributed by atoms with Crippen molar-refractivity contribution in [3.05, 3.63) is 0 Å². The molecule has 0 bridgehead atoms. The normalized spacial score (nSPS) is 19.6. The van der Waals surface area contributed by atoms with E-state index in [1.165, 1.54) is 12.8 Å². The Kier molecular flexibility index (Phi) is 5.35.